The first-order valence-electron chi connectivity index (χ1n) is 5.40. The number of halogens is 1. The molecule has 0 saturated carbocycles. The molecular formula is C13H19ClSi. The van der Waals surface area contributed by atoms with Crippen molar-refractivity contribution in [3.63, 3.8) is 0 Å². The van der Waals surface area contributed by atoms with E-state index in [4.69, 9.17) is 11.6 Å². The number of allylic oxidation sites excluding steroid dienone is 1. The lowest BCUT2D eigenvalue weighted by Gasteiger charge is -2.14. The van der Waals surface area contributed by atoms with Gasteiger partial charge in [-0.15, -0.1) is 0 Å². The summed E-state index contributed by atoms with van der Waals surface area (Å²) in [6.45, 7) is 9.29. The first kappa shape index (κ1) is 12.5. The molecule has 0 aliphatic carbocycles. The van der Waals surface area contributed by atoms with Gasteiger partial charge in [0, 0.05) is 5.02 Å². The van der Waals surface area contributed by atoms with Gasteiger partial charge < -0.3 is 0 Å². The first-order valence-corrected chi connectivity index (χ1v) is 9.35. The van der Waals surface area contributed by atoms with Gasteiger partial charge in [0.05, 0.1) is 8.07 Å². The average Bonchev–Trinajstić information content (AvgIpc) is 2.14. The Balaban J connectivity index is 3.03. The standard InChI is InChI=1S/C13H19ClSi/c1-5-11(10-15(2,3)4)12-6-8-13(14)9-7-12/h6-10H,5H2,1-4H3/b11-10+. The van der Waals surface area contributed by atoms with Crippen molar-refractivity contribution in [3.05, 3.63) is 40.6 Å². The van der Waals surface area contributed by atoms with Crippen molar-refractivity contribution >= 4 is 25.2 Å². The number of benzene rings is 1. The van der Waals surface area contributed by atoms with Crippen LogP contribution >= 0.6 is 11.6 Å². The van der Waals surface area contributed by atoms with Crippen LogP contribution in [0.2, 0.25) is 24.7 Å². The highest BCUT2D eigenvalue weighted by atomic mass is 35.5. The van der Waals surface area contributed by atoms with Gasteiger partial charge in [-0.2, -0.15) is 0 Å². The van der Waals surface area contributed by atoms with E-state index in [1.54, 1.807) is 0 Å². The molecule has 0 nitrogen and oxygen atoms in total. The summed E-state index contributed by atoms with van der Waals surface area (Å²) in [4.78, 5) is 0. The van der Waals surface area contributed by atoms with E-state index >= 15 is 0 Å². The second-order valence-corrected chi connectivity index (χ2v) is 10.4. The van der Waals surface area contributed by atoms with Crippen molar-refractivity contribution in [1.82, 2.24) is 0 Å². The summed E-state index contributed by atoms with van der Waals surface area (Å²) in [5, 5.41) is 0.808. The van der Waals surface area contributed by atoms with Gasteiger partial charge in [0.2, 0.25) is 0 Å². The van der Waals surface area contributed by atoms with E-state index < -0.39 is 8.07 Å². The molecule has 0 saturated heterocycles. The molecule has 0 spiro atoms. The monoisotopic (exact) mass is 238 g/mol. The molecule has 0 aromatic heterocycles. The van der Waals surface area contributed by atoms with E-state index in [0.717, 1.165) is 11.4 Å². The van der Waals surface area contributed by atoms with Gasteiger partial charge in [-0.3, -0.25) is 0 Å². The summed E-state index contributed by atoms with van der Waals surface area (Å²) in [7, 11) is -1.13. The van der Waals surface area contributed by atoms with Crippen LogP contribution in [0.4, 0.5) is 0 Å². The van der Waals surface area contributed by atoms with E-state index in [9.17, 15) is 0 Å². The van der Waals surface area contributed by atoms with Gasteiger partial charge in [0.15, 0.2) is 0 Å². The Morgan fingerprint density at radius 1 is 1.20 bits per heavy atom. The van der Waals surface area contributed by atoms with Gasteiger partial charge in [-0.05, 0) is 29.7 Å². The third-order valence-electron chi connectivity index (χ3n) is 2.20. The maximum Gasteiger partial charge on any atom is 0.0690 e. The summed E-state index contributed by atoms with van der Waals surface area (Å²) in [6.07, 6.45) is 1.09. The molecule has 0 radical (unpaired) electrons. The Labute approximate surface area is 99.0 Å². The Hall–Kier alpha value is -0.533. The van der Waals surface area contributed by atoms with Gasteiger partial charge in [-0.1, -0.05) is 56.0 Å². The molecule has 82 valence electrons. The molecule has 0 amide bonds. The Morgan fingerprint density at radius 2 is 1.73 bits per heavy atom. The van der Waals surface area contributed by atoms with E-state index in [1.807, 2.05) is 12.1 Å². The molecule has 0 N–H and O–H groups in total. The van der Waals surface area contributed by atoms with Crippen molar-refractivity contribution in [3.8, 4) is 0 Å². The molecule has 2 heteroatoms. The van der Waals surface area contributed by atoms with Crippen LogP contribution in [0, 0.1) is 0 Å². The summed E-state index contributed by atoms with van der Waals surface area (Å²) in [6, 6.07) is 8.14. The zero-order chi connectivity index (χ0) is 11.5. The van der Waals surface area contributed by atoms with Gasteiger partial charge >= 0.3 is 0 Å². The summed E-state index contributed by atoms with van der Waals surface area (Å²) < 4.78 is 0. The molecule has 0 unspecified atom stereocenters. The third kappa shape index (κ3) is 4.23. The Bertz CT molecular complexity index is 344. The number of hydrogen-bond acceptors (Lipinski definition) is 0. The second-order valence-electron chi connectivity index (χ2n) is 4.90. The van der Waals surface area contributed by atoms with E-state index in [1.165, 1.54) is 11.1 Å². The fraction of sp³-hybridized carbons (Fsp3) is 0.385. The highest BCUT2D eigenvalue weighted by molar-refractivity contribution is 6.81. The fourth-order valence-electron chi connectivity index (χ4n) is 1.58. The lowest BCUT2D eigenvalue weighted by molar-refractivity contribution is 1.24. The minimum Gasteiger partial charge on any atom is -0.0913 e. The van der Waals surface area contributed by atoms with E-state index in [-0.39, 0.29) is 0 Å². The van der Waals surface area contributed by atoms with Crippen molar-refractivity contribution in [2.24, 2.45) is 0 Å². The number of hydrogen-bond donors (Lipinski definition) is 0. The van der Waals surface area contributed by atoms with Gasteiger partial charge in [0.25, 0.3) is 0 Å². The van der Waals surface area contributed by atoms with Crippen molar-refractivity contribution in [2.45, 2.75) is 33.0 Å². The lowest BCUT2D eigenvalue weighted by atomic mass is 10.1. The van der Waals surface area contributed by atoms with Crippen LogP contribution in [-0.4, -0.2) is 8.07 Å². The highest BCUT2D eigenvalue weighted by Crippen LogP contribution is 2.22. The molecule has 0 heterocycles. The largest absolute Gasteiger partial charge is 0.0913 e. The maximum atomic E-state index is 5.88. The molecule has 15 heavy (non-hydrogen) atoms. The van der Waals surface area contributed by atoms with Crippen molar-refractivity contribution < 1.29 is 0 Å². The quantitative estimate of drug-likeness (QED) is 0.650. The van der Waals surface area contributed by atoms with Crippen LogP contribution in [0.25, 0.3) is 5.57 Å². The van der Waals surface area contributed by atoms with Crippen molar-refractivity contribution in [1.29, 1.82) is 0 Å². The molecule has 1 aromatic carbocycles. The molecular weight excluding hydrogens is 220 g/mol. The fourth-order valence-corrected chi connectivity index (χ4v) is 3.12. The Morgan fingerprint density at radius 3 is 2.13 bits per heavy atom. The number of rotatable bonds is 3. The summed E-state index contributed by atoms with van der Waals surface area (Å²) in [5.41, 5.74) is 5.23. The van der Waals surface area contributed by atoms with Crippen LogP contribution in [0.3, 0.4) is 0 Å². The maximum absolute atomic E-state index is 5.88. The Kier molecular flexibility index (Phi) is 4.18. The van der Waals surface area contributed by atoms with Gasteiger partial charge in [-0.25, -0.2) is 0 Å². The molecule has 0 atom stereocenters. The SMILES string of the molecule is CC/C(=C\[Si](C)(C)C)c1ccc(Cl)cc1. The molecule has 0 bridgehead atoms. The minimum atomic E-state index is -1.13. The highest BCUT2D eigenvalue weighted by Gasteiger charge is 2.11. The zero-order valence-electron chi connectivity index (χ0n) is 9.97. The summed E-state index contributed by atoms with van der Waals surface area (Å²) >= 11 is 5.88. The first-order chi connectivity index (χ1) is 6.92. The molecule has 1 rings (SSSR count). The van der Waals surface area contributed by atoms with Gasteiger partial charge in [0.1, 0.15) is 0 Å². The molecule has 0 aliphatic heterocycles. The topological polar surface area (TPSA) is 0 Å². The molecule has 0 fully saturated rings. The second kappa shape index (κ2) is 5.00. The van der Waals surface area contributed by atoms with Crippen LogP contribution in [0.5, 0.6) is 0 Å². The molecule has 1 aromatic rings. The predicted molar refractivity (Wildman–Crippen MR) is 73.1 cm³/mol. The van der Waals surface area contributed by atoms with Crippen LogP contribution < -0.4 is 0 Å². The van der Waals surface area contributed by atoms with Crippen LogP contribution in [0.15, 0.2) is 30.0 Å². The predicted octanol–water partition coefficient (Wildman–Crippen LogP) is 5.01. The normalized spacial score (nSPS) is 13.0. The van der Waals surface area contributed by atoms with Crippen molar-refractivity contribution in [2.75, 3.05) is 0 Å². The lowest BCUT2D eigenvalue weighted by Crippen LogP contribution is -2.16. The summed E-state index contributed by atoms with van der Waals surface area (Å²) in [5.74, 6) is 0. The third-order valence-corrected chi connectivity index (χ3v) is 3.67. The smallest absolute Gasteiger partial charge is 0.0690 e. The zero-order valence-corrected chi connectivity index (χ0v) is 11.7. The minimum absolute atomic E-state index is 0.808. The van der Waals surface area contributed by atoms with Crippen LogP contribution in [-0.2, 0) is 0 Å². The van der Waals surface area contributed by atoms with E-state index in [2.05, 4.69) is 44.4 Å². The molecule has 0 aliphatic rings. The van der Waals surface area contributed by atoms with Crippen LogP contribution in [0.1, 0.15) is 18.9 Å². The van der Waals surface area contributed by atoms with E-state index in [0.29, 0.717) is 0 Å². The average molecular weight is 239 g/mol.